The summed E-state index contributed by atoms with van der Waals surface area (Å²) in [6.07, 6.45) is 6.82. The number of benzene rings is 2. The Balaban J connectivity index is 1.51. The summed E-state index contributed by atoms with van der Waals surface area (Å²) >= 11 is 1.68. The highest BCUT2D eigenvalue weighted by atomic mass is 32.2. The fourth-order valence-electron chi connectivity index (χ4n) is 4.21. The Morgan fingerprint density at radius 2 is 1.86 bits per heavy atom. The number of fused-ring (bicyclic) bond motifs is 1. The molecule has 4 rings (SSSR count). The van der Waals surface area contributed by atoms with Crippen molar-refractivity contribution < 1.29 is 4.79 Å². The minimum absolute atomic E-state index is 0.288. The van der Waals surface area contributed by atoms with Gasteiger partial charge in [-0.05, 0) is 37.3 Å². The first-order valence-corrected chi connectivity index (χ1v) is 11.3. The van der Waals surface area contributed by atoms with Gasteiger partial charge >= 0.3 is 0 Å². The standard InChI is InChI=1S/C24H28N2OS/c1-2-20-12-8-9-15-26(20)24(27)18-28-23-17-25(16-19-10-4-3-5-11-19)22-14-7-6-13-21(22)23/h3-7,10-11,13-14,17,20H,2,8-9,12,15-16,18H2,1H3. The highest BCUT2D eigenvalue weighted by Gasteiger charge is 2.25. The number of likely N-dealkylation sites (tertiary alicyclic amines) is 1. The summed E-state index contributed by atoms with van der Waals surface area (Å²) in [6.45, 7) is 3.97. The normalized spacial score (nSPS) is 17.2. The van der Waals surface area contributed by atoms with Gasteiger partial charge in [0.1, 0.15) is 0 Å². The van der Waals surface area contributed by atoms with E-state index in [0.717, 1.165) is 32.4 Å². The van der Waals surface area contributed by atoms with Crippen LogP contribution in [-0.4, -0.2) is 33.7 Å². The van der Waals surface area contributed by atoms with Gasteiger partial charge in [0.2, 0.25) is 5.91 Å². The van der Waals surface area contributed by atoms with Gasteiger partial charge in [0, 0.05) is 41.1 Å². The number of rotatable bonds is 6. The van der Waals surface area contributed by atoms with Crippen LogP contribution >= 0.6 is 11.8 Å². The summed E-state index contributed by atoms with van der Waals surface area (Å²) in [5.41, 5.74) is 2.51. The largest absolute Gasteiger partial charge is 0.342 e. The van der Waals surface area contributed by atoms with Crippen LogP contribution in [0.4, 0.5) is 0 Å². The van der Waals surface area contributed by atoms with Crippen LogP contribution in [0.1, 0.15) is 38.2 Å². The molecule has 3 aromatic rings. The Morgan fingerprint density at radius 1 is 1.07 bits per heavy atom. The third-order valence-electron chi connectivity index (χ3n) is 5.72. The Hall–Kier alpha value is -2.20. The van der Waals surface area contributed by atoms with Crippen LogP contribution in [0.25, 0.3) is 10.9 Å². The molecule has 1 atom stereocenters. The van der Waals surface area contributed by atoms with E-state index in [1.807, 2.05) is 6.07 Å². The number of hydrogen-bond donors (Lipinski definition) is 0. The van der Waals surface area contributed by atoms with Crippen molar-refractivity contribution in [3.8, 4) is 0 Å². The summed E-state index contributed by atoms with van der Waals surface area (Å²) < 4.78 is 2.30. The van der Waals surface area contributed by atoms with Crippen molar-refractivity contribution in [1.29, 1.82) is 0 Å². The second kappa shape index (κ2) is 8.87. The lowest BCUT2D eigenvalue weighted by Gasteiger charge is -2.35. The van der Waals surface area contributed by atoms with E-state index < -0.39 is 0 Å². The van der Waals surface area contributed by atoms with E-state index in [9.17, 15) is 4.79 Å². The first-order chi connectivity index (χ1) is 13.8. The SMILES string of the molecule is CCC1CCCCN1C(=O)CSc1cn(Cc2ccccc2)c2ccccc12. The maximum Gasteiger partial charge on any atom is 0.233 e. The Morgan fingerprint density at radius 3 is 2.68 bits per heavy atom. The van der Waals surface area contributed by atoms with Gasteiger partial charge in [0.05, 0.1) is 5.75 Å². The predicted octanol–water partition coefficient (Wildman–Crippen LogP) is 5.57. The van der Waals surface area contributed by atoms with Crippen LogP contribution in [0.2, 0.25) is 0 Å². The van der Waals surface area contributed by atoms with Crippen molar-refractivity contribution in [3.05, 3.63) is 66.4 Å². The molecule has 3 nitrogen and oxygen atoms in total. The van der Waals surface area contributed by atoms with Crippen molar-refractivity contribution >= 4 is 28.6 Å². The molecule has 1 amide bonds. The zero-order valence-electron chi connectivity index (χ0n) is 16.5. The van der Waals surface area contributed by atoms with Gasteiger partial charge < -0.3 is 9.47 Å². The quantitative estimate of drug-likeness (QED) is 0.512. The Labute approximate surface area is 171 Å². The molecule has 2 heterocycles. The fourth-order valence-corrected chi connectivity index (χ4v) is 5.19. The van der Waals surface area contributed by atoms with Crippen molar-refractivity contribution in [3.63, 3.8) is 0 Å². The number of thioether (sulfide) groups is 1. The maximum atomic E-state index is 12.9. The smallest absolute Gasteiger partial charge is 0.233 e. The average molecular weight is 393 g/mol. The molecule has 0 spiro atoms. The summed E-state index contributed by atoms with van der Waals surface area (Å²) in [4.78, 5) is 16.2. The van der Waals surface area contributed by atoms with Crippen LogP contribution in [0.3, 0.4) is 0 Å². The number of carbonyl (C=O) groups is 1. The minimum atomic E-state index is 0.288. The lowest BCUT2D eigenvalue weighted by Crippen LogP contribution is -2.44. The Kier molecular flexibility index (Phi) is 6.06. The summed E-state index contributed by atoms with van der Waals surface area (Å²) in [6, 6.07) is 19.5. The topological polar surface area (TPSA) is 25.2 Å². The van der Waals surface area contributed by atoms with Crippen LogP contribution in [0.5, 0.6) is 0 Å². The molecule has 0 radical (unpaired) electrons. The number of nitrogens with zero attached hydrogens (tertiary/aromatic N) is 2. The lowest BCUT2D eigenvalue weighted by atomic mass is 10.0. The number of amides is 1. The van der Waals surface area contributed by atoms with Gasteiger partial charge in [0.15, 0.2) is 0 Å². The van der Waals surface area contributed by atoms with E-state index in [-0.39, 0.29) is 5.91 Å². The molecular weight excluding hydrogens is 364 g/mol. The Bertz CT molecular complexity index is 934. The van der Waals surface area contributed by atoms with Crippen molar-refractivity contribution in [1.82, 2.24) is 9.47 Å². The van der Waals surface area contributed by atoms with Crippen LogP contribution < -0.4 is 0 Å². The van der Waals surface area contributed by atoms with E-state index in [2.05, 4.69) is 71.1 Å². The molecule has 1 aliphatic rings. The van der Waals surface area contributed by atoms with Crippen molar-refractivity contribution in [2.75, 3.05) is 12.3 Å². The zero-order chi connectivity index (χ0) is 19.3. The molecule has 1 unspecified atom stereocenters. The number of piperidine rings is 1. The number of para-hydroxylation sites is 1. The van der Waals surface area contributed by atoms with Gasteiger partial charge in [-0.15, -0.1) is 11.8 Å². The molecular formula is C24H28N2OS. The van der Waals surface area contributed by atoms with Crippen LogP contribution in [-0.2, 0) is 11.3 Å². The molecule has 1 fully saturated rings. The number of hydrogen-bond acceptors (Lipinski definition) is 2. The molecule has 0 N–H and O–H groups in total. The van der Waals surface area contributed by atoms with E-state index in [1.165, 1.54) is 27.8 Å². The van der Waals surface area contributed by atoms with E-state index in [0.29, 0.717) is 11.8 Å². The summed E-state index contributed by atoms with van der Waals surface area (Å²) in [5.74, 6) is 0.812. The molecule has 0 bridgehead atoms. The van der Waals surface area contributed by atoms with E-state index >= 15 is 0 Å². The number of aromatic nitrogens is 1. The van der Waals surface area contributed by atoms with Gasteiger partial charge in [-0.2, -0.15) is 0 Å². The van der Waals surface area contributed by atoms with Gasteiger partial charge in [-0.25, -0.2) is 0 Å². The monoisotopic (exact) mass is 392 g/mol. The molecule has 28 heavy (non-hydrogen) atoms. The lowest BCUT2D eigenvalue weighted by molar-refractivity contribution is -0.132. The first kappa shape index (κ1) is 19.1. The molecule has 1 aromatic heterocycles. The number of carbonyl (C=O) groups excluding carboxylic acids is 1. The van der Waals surface area contributed by atoms with Crippen molar-refractivity contribution in [2.45, 2.75) is 50.1 Å². The minimum Gasteiger partial charge on any atom is -0.342 e. The molecule has 2 aromatic carbocycles. The first-order valence-electron chi connectivity index (χ1n) is 10.3. The van der Waals surface area contributed by atoms with Gasteiger partial charge in [-0.3, -0.25) is 4.79 Å². The maximum absolute atomic E-state index is 12.9. The van der Waals surface area contributed by atoms with Crippen molar-refractivity contribution in [2.24, 2.45) is 0 Å². The van der Waals surface area contributed by atoms with E-state index in [1.54, 1.807) is 11.8 Å². The van der Waals surface area contributed by atoms with Gasteiger partial charge in [0.25, 0.3) is 0 Å². The third kappa shape index (κ3) is 4.12. The second-order valence-electron chi connectivity index (χ2n) is 7.56. The molecule has 0 aliphatic carbocycles. The molecule has 1 saturated heterocycles. The fraction of sp³-hybridized carbons (Fsp3) is 0.375. The molecule has 146 valence electrons. The van der Waals surface area contributed by atoms with Gasteiger partial charge in [-0.1, -0.05) is 55.5 Å². The van der Waals surface area contributed by atoms with Crippen LogP contribution in [0, 0.1) is 0 Å². The summed E-state index contributed by atoms with van der Waals surface area (Å²) in [5, 5.41) is 1.24. The molecule has 0 saturated carbocycles. The molecule has 1 aliphatic heterocycles. The predicted molar refractivity (Wildman–Crippen MR) is 118 cm³/mol. The second-order valence-corrected chi connectivity index (χ2v) is 8.57. The zero-order valence-corrected chi connectivity index (χ0v) is 17.3. The highest BCUT2D eigenvalue weighted by molar-refractivity contribution is 8.00. The summed E-state index contributed by atoms with van der Waals surface area (Å²) in [7, 11) is 0. The average Bonchev–Trinajstić information content (AvgIpc) is 3.10. The molecule has 4 heteroatoms. The van der Waals surface area contributed by atoms with Crippen LogP contribution in [0.15, 0.2) is 65.7 Å². The third-order valence-corrected chi connectivity index (χ3v) is 6.75. The highest BCUT2D eigenvalue weighted by Crippen LogP contribution is 2.31. The van der Waals surface area contributed by atoms with E-state index in [4.69, 9.17) is 0 Å².